The van der Waals surface area contributed by atoms with E-state index in [1.54, 1.807) is 19.1 Å². The van der Waals surface area contributed by atoms with Crippen LogP contribution in [0.1, 0.15) is 18.9 Å². The second-order valence-corrected chi connectivity index (χ2v) is 4.45. The molecule has 2 rings (SSSR count). The highest BCUT2D eigenvalue weighted by atomic mass is 16.2. The first-order chi connectivity index (χ1) is 9.54. The Morgan fingerprint density at radius 2 is 2.00 bits per heavy atom. The molecule has 0 bridgehead atoms. The third-order valence-corrected chi connectivity index (χ3v) is 2.65. The fraction of sp³-hybridized carbons (Fsp3) is 0.143. The molecule has 1 aromatic rings. The minimum absolute atomic E-state index is 0.0680. The largest absolute Gasteiger partial charge is 0.402 e. The van der Waals surface area contributed by atoms with Gasteiger partial charge in [-0.3, -0.25) is 20.4 Å². The molecule has 0 aromatic heterocycles. The minimum atomic E-state index is -0.264. The van der Waals surface area contributed by atoms with Crippen molar-refractivity contribution < 1.29 is 9.59 Å². The Kier molecular flexibility index (Phi) is 4.05. The fourth-order valence-electron chi connectivity index (χ4n) is 1.74. The first-order valence-electron chi connectivity index (χ1n) is 6.15. The van der Waals surface area contributed by atoms with E-state index in [1.807, 2.05) is 18.2 Å². The first-order valence-corrected chi connectivity index (χ1v) is 6.15. The van der Waals surface area contributed by atoms with Gasteiger partial charge in [-0.25, -0.2) is 0 Å². The molecule has 104 valence electrons. The highest BCUT2D eigenvalue weighted by molar-refractivity contribution is 5.99. The van der Waals surface area contributed by atoms with Crippen molar-refractivity contribution in [1.29, 1.82) is 0 Å². The molecule has 6 nitrogen and oxygen atoms in total. The highest BCUT2D eigenvalue weighted by Crippen LogP contribution is 2.17. The number of amides is 2. The third-order valence-electron chi connectivity index (χ3n) is 2.65. The van der Waals surface area contributed by atoms with Crippen LogP contribution in [0, 0.1) is 0 Å². The normalized spacial score (nSPS) is 14.9. The van der Waals surface area contributed by atoms with Crippen LogP contribution >= 0.6 is 0 Å². The van der Waals surface area contributed by atoms with Gasteiger partial charge in [0.15, 0.2) is 0 Å². The van der Waals surface area contributed by atoms with Gasteiger partial charge in [0.2, 0.25) is 11.8 Å². The molecule has 2 amide bonds. The zero-order chi connectivity index (χ0) is 14.5. The average Bonchev–Trinajstić information content (AvgIpc) is 2.39. The maximum atomic E-state index is 11.5. The van der Waals surface area contributed by atoms with E-state index in [4.69, 9.17) is 5.73 Å². The second-order valence-electron chi connectivity index (χ2n) is 4.45. The van der Waals surface area contributed by atoms with E-state index in [0.717, 1.165) is 11.3 Å². The lowest BCUT2D eigenvalue weighted by molar-refractivity contribution is -0.121. The number of rotatable bonds is 3. The summed E-state index contributed by atoms with van der Waals surface area (Å²) in [6.07, 6.45) is 3.49. The lowest BCUT2D eigenvalue weighted by Crippen LogP contribution is -2.38. The van der Waals surface area contributed by atoms with E-state index in [9.17, 15) is 9.59 Å². The minimum Gasteiger partial charge on any atom is -0.402 e. The van der Waals surface area contributed by atoms with Crippen molar-refractivity contribution in [1.82, 2.24) is 10.9 Å². The summed E-state index contributed by atoms with van der Waals surface area (Å²) in [6.45, 7) is 1.65. The number of carbonyl (C=O) groups excluding carboxylic acids is 2. The Morgan fingerprint density at radius 3 is 2.55 bits per heavy atom. The van der Waals surface area contributed by atoms with Crippen LogP contribution in [0.3, 0.4) is 0 Å². The van der Waals surface area contributed by atoms with Gasteiger partial charge in [-0.2, -0.15) is 0 Å². The molecule has 1 heterocycles. The molecule has 6 heteroatoms. The van der Waals surface area contributed by atoms with E-state index in [1.165, 1.54) is 6.08 Å². The van der Waals surface area contributed by atoms with Gasteiger partial charge in [-0.15, -0.1) is 0 Å². The number of hydrazine groups is 1. The fourth-order valence-corrected chi connectivity index (χ4v) is 1.74. The van der Waals surface area contributed by atoms with Gasteiger partial charge in [0.1, 0.15) is 0 Å². The van der Waals surface area contributed by atoms with Crippen molar-refractivity contribution in [3.8, 4) is 0 Å². The topological polar surface area (TPSA) is 96.2 Å². The van der Waals surface area contributed by atoms with E-state index in [-0.39, 0.29) is 11.8 Å². The van der Waals surface area contributed by atoms with Crippen molar-refractivity contribution in [2.24, 2.45) is 5.73 Å². The summed E-state index contributed by atoms with van der Waals surface area (Å²) in [7, 11) is 0. The van der Waals surface area contributed by atoms with Crippen LogP contribution in [0.25, 0.3) is 5.70 Å². The molecule has 0 aliphatic carbocycles. The lowest BCUT2D eigenvalue weighted by Gasteiger charge is -2.17. The Labute approximate surface area is 116 Å². The molecule has 1 aliphatic rings. The van der Waals surface area contributed by atoms with Crippen molar-refractivity contribution in [3.05, 3.63) is 47.7 Å². The SMILES string of the molecule is C/C(N)=C/C(=O)Nc1ccc(C2=CCC(=O)NN2)cc1. The number of nitrogens with one attached hydrogen (secondary N) is 3. The summed E-state index contributed by atoms with van der Waals surface area (Å²) in [6, 6.07) is 7.27. The number of anilines is 1. The van der Waals surface area contributed by atoms with Gasteiger partial charge in [0, 0.05) is 23.9 Å². The van der Waals surface area contributed by atoms with Crippen molar-refractivity contribution in [2.75, 3.05) is 5.32 Å². The molecular weight excluding hydrogens is 256 g/mol. The molecule has 1 aromatic carbocycles. The van der Waals surface area contributed by atoms with Gasteiger partial charge < -0.3 is 11.1 Å². The van der Waals surface area contributed by atoms with Gasteiger partial charge in [0.05, 0.1) is 5.70 Å². The van der Waals surface area contributed by atoms with Crippen molar-refractivity contribution >= 4 is 23.2 Å². The maximum Gasteiger partial charge on any atom is 0.250 e. The van der Waals surface area contributed by atoms with E-state index in [0.29, 0.717) is 17.8 Å². The molecule has 0 radical (unpaired) electrons. The van der Waals surface area contributed by atoms with Crippen LogP contribution in [0.15, 0.2) is 42.1 Å². The molecular formula is C14H16N4O2. The van der Waals surface area contributed by atoms with Crippen LogP contribution in [-0.4, -0.2) is 11.8 Å². The Hall–Kier alpha value is -2.76. The van der Waals surface area contributed by atoms with Crippen LogP contribution in [0.5, 0.6) is 0 Å². The summed E-state index contributed by atoms with van der Waals surface area (Å²) in [5.74, 6) is -0.332. The zero-order valence-corrected chi connectivity index (χ0v) is 11.1. The smallest absolute Gasteiger partial charge is 0.250 e. The van der Waals surface area contributed by atoms with Gasteiger partial charge in [-0.05, 0) is 30.7 Å². The number of hydrogen-bond acceptors (Lipinski definition) is 4. The summed E-state index contributed by atoms with van der Waals surface area (Å²) in [5.41, 5.74) is 13.7. The Bertz CT molecular complexity index is 584. The number of hydrogen-bond donors (Lipinski definition) is 4. The molecule has 0 saturated carbocycles. The van der Waals surface area contributed by atoms with Crippen LogP contribution < -0.4 is 21.9 Å². The molecule has 0 saturated heterocycles. The van der Waals surface area contributed by atoms with Crippen molar-refractivity contribution in [2.45, 2.75) is 13.3 Å². The zero-order valence-electron chi connectivity index (χ0n) is 11.1. The summed E-state index contributed by atoms with van der Waals surface area (Å²) in [4.78, 5) is 22.5. The van der Waals surface area contributed by atoms with E-state index >= 15 is 0 Å². The molecule has 20 heavy (non-hydrogen) atoms. The Morgan fingerprint density at radius 1 is 1.30 bits per heavy atom. The number of carbonyl (C=O) groups is 2. The van der Waals surface area contributed by atoms with E-state index < -0.39 is 0 Å². The molecule has 0 unspecified atom stereocenters. The van der Waals surface area contributed by atoms with E-state index in [2.05, 4.69) is 16.2 Å². The third kappa shape index (κ3) is 3.61. The van der Waals surface area contributed by atoms with Gasteiger partial charge in [0.25, 0.3) is 0 Å². The van der Waals surface area contributed by atoms with Crippen LogP contribution in [-0.2, 0) is 9.59 Å². The Balaban J connectivity index is 2.05. The quantitative estimate of drug-likeness (QED) is 0.613. The average molecular weight is 272 g/mol. The molecule has 0 spiro atoms. The van der Waals surface area contributed by atoms with Crippen molar-refractivity contribution in [3.63, 3.8) is 0 Å². The molecule has 0 fully saturated rings. The first kappa shape index (κ1) is 13.7. The number of benzene rings is 1. The molecule has 1 aliphatic heterocycles. The summed E-state index contributed by atoms with van der Waals surface area (Å²) in [5, 5.41) is 2.71. The van der Waals surface area contributed by atoms with Crippen LogP contribution in [0.4, 0.5) is 5.69 Å². The molecule has 0 atom stereocenters. The standard InChI is InChI=1S/C14H16N4O2/c1-9(15)8-14(20)16-11-4-2-10(3-5-11)12-6-7-13(19)18-17-12/h2-6,8,17H,7,15H2,1H3,(H,16,20)(H,18,19)/b9-8-. The second kappa shape index (κ2) is 5.92. The summed E-state index contributed by atoms with van der Waals surface area (Å²) < 4.78 is 0. The highest BCUT2D eigenvalue weighted by Gasteiger charge is 2.09. The number of allylic oxidation sites excluding steroid dienone is 1. The van der Waals surface area contributed by atoms with Crippen LogP contribution in [0.2, 0.25) is 0 Å². The predicted octanol–water partition coefficient (Wildman–Crippen LogP) is 0.853. The van der Waals surface area contributed by atoms with Gasteiger partial charge in [-0.1, -0.05) is 12.1 Å². The molecule has 5 N–H and O–H groups in total. The maximum absolute atomic E-state index is 11.5. The monoisotopic (exact) mass is 272 g/mol. The predicted molar refractivity (Wildman–Crippen MR) is 76.9 cm³/mol. The number of nitrogens with two attached hydrogens (primary N) is 1. The summed E-state index contributed by atoms with van der Waals surface area (Å²) >= 11 is 0. The lowest BCUT2D eigenvalue weighted by atomic mass is 10.1. The van der Waals surface area contributed by atoms with Gasteiger partial charge >= 0.3 is 0 Å².